The average Bonchev–Trinajstić information content (AvgIpc) is 2.89. The summed E-state index contributed by atoms with van der Waals surface area (Å²) in [5.74, 6) is 5.91. The van der Waals surface area contributed by atoms with E-state index in [1.807, 2.05) is 12.1 Å². The van der Waals surface area contributed by atoms with Gasteiger partial charge in [-0.1, -0.05) is 95.4 Å². The topological polar surface area (TPSA) is 0 Å². The third-order valence-electron chi connectivity index (χ3n) is 10.1. The maximum absolute atomic E-state index is 12.8. The minimum atomic E-state index is -0.338. The Hall–Kier alpha value is -0.850. The summed E-state index contributed by atoms with van der Waals surface area (Å²) in [5, 5.41) is 0. The van der Waals surface area contributed by atoms with Crippen LogP contribution < -0.4 is 0 Å². The van der Waals surface area contributed by atoms with E-state index in [0.29, 0.717) is 5.92 Å². The molecule has 0 heterocycles. The highest BCUT2D eigenvalue weighted by Gasteiger charge is 2.31. The third-order valence-corrected chi connectivity index (χ3v) is 10.1. The quantitative estimate of drug-likeness (QED) is 0.308. The Morgan fingerprint density at radius 3 is 1.58 bits per heavy atom. The summed E-state index contributed by atoms with van der Waals surface area (Å²) in [6.07, 6.45) is 26.6. The Morgan fingerprint density at radius 1 is 0.606 bits per heavy atom. The summed E-state index contributed by atoms with van der Waals surface area (Å²) in [6, 6.07) is 8.32. The summed E-state index contributed by atoms with van der Waals surface area (Å²) in [6.45, 7) is 1.99. The molecule has 0 amide bonds. The summed E-state index contributed by atoms with van der Waals surface area (Å²) in [4.78, 5) is 0. The first-order valence-corrected chi connectivity index (χ1v) is 14.9. The van der Waals surface area contributed by atoms with Gasteiger partial charge in [-0.25, -0.2) is 4.39 Å². The number of benzene rings is 1. The zero-order chi connectivity index (χ0) is 22.9. The normalized spacial score (nSPS) is 33.2. The molecular weight excluding hydrogens is 403 g/mol. The van der Waals surface area contributed by atoms with Gasteiger partial charge in [0.25, 0.3) is 0 Å². The first-order chi connectivity index (χ1) is 16.2. The molecular formula is C32H51F. The van der Waals surface area contributed by atoms with Crippen molar-refractivity contribution in [1.29, 1.82) is 0 Å². The minimum absolute atomic E-state index is 0.338. The molecule has 1 aromatic carbocycles. The van der Waals surface area contributed by atoms with E-state index in [9.17, 15) is 4.39 Å². The fourth-order valence-corrected chi connectivity index (χ4v) is 7.71. The van der Waals surface area contributed by atoms with Crippen LogP contribution in [-0.4, -0.2) is 0 Å². The summed E-state index contributed by atoms with van der Waals surface area (Å²) < 4.78 is 12.8. The summed E-state index contributed by atoms with van der Waals surface area (Å²) >= 11 is 0. The zero-order valence-corrected chi connectivity index (χ0v) is 21.6. The third kappa shape index (κ3) is 7.57. The molecule has 3 fully saturated rings. The average molecular weight is 455 g/mol. The van der Waals surface area contributed by atoms with E-state index in [1.54, 1.807) is 12.8 Å². The van der Waals surface area contributed by atoms with Crippen LogP contribution in [0.5, 0.6) is 0 Å². The zero-order valence-electron chi connectivity index (χ0n) is 21.6. The molecule has 0 spiro atoms. The van der Waals surface area contributed by atoms with E-state index in [2.05, 4.69) is 19.1 Å². The van der Waals surface area contributed by atoms with Crippen molar-refractivity contribution in [1.82, 2.24) is 0 Å². The largest absolute Gasteiger partial charge is 0.246 e. The van der Waals surface area contributed by atoms with E-state index < -0.39 is 0 Å². The van der Waals surface area contributed by atoms with Gasteiger partial charge in [-0.3, -0.25) is 0 Å². The van der Waals surface area contributed by atoms with E-state index in [4.69, 9.17) is 0 Å². The maximum Gasteiger partial charge on any atom is 0.115 e. The smallest absolute Gasteiger partial charge is 0.115 e. The van der Waals surface area contributed by atoms with Crippen LogP contribution in [-0.2, 0) is 6.67 Å². The number of hydrogen-bond donors (Lipinski definition) is 0. The van der Waals surface area contributed by atoms with Crippen LogP contribution in [0.4, 0.5) is 4.39 Å². The number of rotatable bonds is 10. The first kappa shape index (κ1) is 25.2. The Bertz CT molecular complexity index is 640. The fraction of sp³-hybridized carbons (Fsp3) is 0.812. The predicted molar refractivity (Wildman–Crippen MR) is 140 cm³/mol. The molecule has 1 heteroatoms. The van der Waals surface area contributed by atoms with Crippen molar-refractivity contribution >= 4 is 0 Å². The van der Waals surface area contributed by atoms with Crippen LogP contribution in [0, 0.1) is 29.6 Å². The molecule has 0 bridgehead atoms. The molecule has 0 nitrogen and oxygen atoms in total. The van der Waals surface area contributed by atoms with Crippen molar-refractivity contribution in [3.05, 3.63) is 35.4 Å². The number of hydrogen-bond acceptors (Lipinski definition) is 0. The van der Waals surface area contributed by atoms with Crippen molar-refractivity contribution in [2.45, 2.75) is 135 Å². The number of halogens is 1. The SMILES string of the molecule is CCCCC[C@H]1CC[C@H](C2CCC(CC[C@H]3CC[C@H](c4ccc(CF)cc4)CC3)CC2)CC1. The van der Waals surface area contributed by atoms with Gasteiger partial charge in [0, 0.05) is 0 Å². The van der Waals surface area contributed by atoms with Crippen molar-refractivity contribution in [2.24, 2.45) is 29.6 Å². The molecule has 0 unspecified atom stereocenters. The lowest BCUT2D eigenvalue weighted by atomic mass is 9.67. The second-order valence-electron chi connectivity index (χ2n) is 12.2. The fourth-order valence-electron chi connectivity index (χ4n) is 7.71. The molecule has 4 rings (SSSR count). The maximum atomic E-state index is 12.8. The molecule has 0 aromatic heterocycles. The van der Waals surface area contributed by atoms with Crippen molar-refractivity contribution in [2.75, 3.05) is 0 Å². The van der Waals surface area contributed by atoms with Crippen LogP contribution in [0.1, 0.15) is 140 Å². The van der Waals surface area contributed by atoms with Crippen LogP contribution in [0.25, 0.3) is 0 Å². The molecule has 3 aliphatic carbocycles. The van der Waals surface area contributed by atoms with Gasteiger partial charge in [-0.05, 0) is 98.0 Å². The highest BCUT2D eigenvalue weighted by molar-refractivity contribution is 5.25. The number of alkyl halides is 1. The molecule has 0 atom stereocenters. The second-order valence-corrected chi connectivity index (χ2v) is 12.2. The second kappa shape index (κ2) is 13.3. The lowest BCUT2D eigenvalue weighted by Crippen LogP contribution is -2.26. The Labute approximate surface area is 204 Å². The lowest BCUT2D eigenvalue weighted by Gasteiger charge is -2.38. The molecule has 3 saturated carbocycles. The van der Waals surface area contributed by atoms with Gasteiger partial charge in [0.2, 0.25) is 0 Å². The van der Waals surface area contributed by atoms with Crippen molar-refractivity contribution in [3.63, 3.8) is 0 Å². The van der Waals surface area contributed by atoms with Gasteiger partial charge >= 0.3 is 0 Å². The standard InChI is InChI=1S/C32H51F/c1-2-3-4-5-25-8-16-29(17-9-25)30-18-10-26(11-19-30)6-7-27-12-20-31(21-13-27)32-22-14-28(24-33)15-23-32/h14-15,22-23,25-27,29-31H,2-13,16-21,24H2,1H3/t25-,26?,27-,29-,30?,31-. The summed E-state index contributed by atoms with van der Waals surface area (Å²) in [5.41, 5.74) is 2.26. The van der Waals surface area contributed by atoms with Gasteiger partial charge < -0.3 is 0 Å². The molecule has 1 aromatic rings. The van der Waals surface area contributed by atoms with Crippen LogP contribution in [0.2, 0.25) is 0 Å². The van der Waals surface area contributed by atoms with Gasteiger partial charge in [0.15, 0.2) is 0 Å². The molecule has 0 aliphatic heterocycles. The van der Waals surface area contributed by atoms with E-state index in [0.717, 1.165) is 35.2 Å². The highest BCUT2D eigenvalue weighted by atomic mass is 19.1. The molecule has 33 heavy (non-hydrogen) atoms. The molecule has 0 saturated heterocycles. The van der Waals surface area contributed by atoms with Gasteiger partial charge in [0.1, 0.15) is 6.67 Å². The predicted octanol–water partition coefficient (Wildman–Crippen LogP) is 10.4. The molecule has 0 N–H and O–H groups in total. The van der Waals surface area contributed by atoms with E-state index >= 15 is 0 Å². The van der Waals surface area contributed by atoms with Crippen molar-refractivity contribution < 1.29 is 4.39 Å². The minimum Gasteiger partial charge on any atom is -0.246 e. The van der Waals surface area contributed by atoms with Gasteiger partial charge in [-0.15, -0.1) is 0 Å². The van der Waals surface area contributed by atoms with Crippen LogP contribution >= 0.6 is 0 Å². The lowest BCUT2D eigenvalue weighted by molar-refractivity contribution is 0.136. The van der Waals surface area contributed by atoms with Crippen LogP contribution in [0.3, 0.4) is 0 Å². The van der Waals surface area contributed by atoms with E-state index in [1.165, 1.54) is 108 Å². The molecule has 3 aliphatic rings. The van der Waals surface area contributed by atoms with Gasteiger partial charge in [0.05, 0.1) is 0 Å². The molecule has 0 radical (unpaired) electrons. The van der Waals surface area contributed by atoms with Crippen molar-refractivity contribution in [3.8, 4) is 0 Å². The highest BCUT2D eigenvalue weighted by Crippen LogP contribution is 2.44. The Kier molecular flexibility index (Phi) is 10.2. The Morgan fingerprint density at radius 2 is 1.09 bits per heavy atom. The summed E-state index contributed by atoms with van der Waals surface area (Å²) in [7, 11) is 0. The van der Waals surface area contributed by atoms with Gasteiger partial charge in [-0.2, -0.15) is 0 Å². The monoisotopic (exact) mass is 454 g/mol. The number of unbranched alkanes of at least 4 members (excludes halogenated alkanes) is 2. The Balaban J connectivity index is 1.08. The van der Waals surface area contributed by atoms with Crippen LogP contribution in [0.15, 0.2) is 24.3 Å². The molecule has 186 valence electrons. The van der Waals surface area contributed by atoms with E-state index in [-0.39, 0.29) is 6.67 Å². The first-order valence-electron chi connectivity index (χ1n) is 14.9.